The van der Waals surface area contributed by atoms with Crippen molar-refractivity contribution in [2.24, 2.45) is 0 Å². The van der Waals surface area contributed by atoms with Crippen LogP contribution in [0.5, 0.6) is 0 Å². The van der Waals surface area contributed by atoms with Crippen LogP contribution in [0.3, 0.4) is 0 Å². The zero-order valence-electron chi connectivity index (χ0n) is 17.5. The van der Waals surface area contributed by atoms with Gasteiger partial charge >= 0.3 is 0 Å². The molecule has 0 aliphatic heterocycles. The van der Waals surface area contributed by atoms with Crippen LogP contribution >= 0.6 is 22.7 Å². The molecule has 159 valence electrons. The number of imidazole rings is 1. The third kappa shape index (κ3) is 2.58. The van der Waals surface area contributed by atoms with E-state index in [1.54, 1.807) is 11.3 Å². The summed E-state index contributed by atoms with van der Waals surface area (Å²) < 4.78 is 6.01. The van der Waals surface area contributed by atoms with Gasteiger partial charge in [-0.1, -0.05) is 40.4 Å². The predicted molar refractivity (Wildman–Crippen MR) is 134 cm³/mol. The van der Waals surface area contributed by atoms with Gasteiger partial charge in [0.15, 0.2) is 0 Å². The van der Waals surface area contributed by atoms with E-state index in [-0.39, 0.29) is 20.1 Å². The minimum absolute atomic E-state index is 0. The van der Waals surface area contributed by atoms with Gasteiger partial charge in [0.05, 0.1) is 10.5 Å². The fourth-order valence-corrected chi connectivity index (χ4v) is 6.90. The van der Waals surface area contributed by atoms with Gasteiger partial charge in [0.1, 0.15) is 0 Å². The quantitative estimate of drug-likeness (QED) is 0.180. The number of pyridine rings is 1. The molecule has 5 aromatic heterocycles. The zero-order valence-corrected chi connectivity index (χ0v) is 21.5. The second-order valence-corrected chi connectivity index (χ2v) is 10.1. The van der Waals surface area contributed by atoms with E-state index in [1.165, 1.54) is 47.2 Å². The van der Waals surface area contributed by atoms with E-state index < -0.39 is 0 Å². The maximum Gasteiger partial charge on any atom is 0.0865 e. The maximum atomic E-state index is 4.86. The predicted octanol–water partition coefficient (Wildman–Crippen LogP) is 7.66. The number of hydrogen-bond donors (Lipinski definition) is 0. The summed E-state index contributed by atoms with van der Waals surface area (Å²) in [7, 11) is 0. The Morgan fingerprint density at radius 3 is 2.72 bits per heavy atom. The van der Waals surface area contributed by atoms with E-state index in [1.807, 2.05) is 17.5 Å². The number of nitrogens with zero attached hydrogens (tertiary/aromatic N) is 3. The first-order valence-electron chi connectivity index (χ1n) is 10.4. The second kappa shape index (κ2) is 7.26. The summed E-state index contributed by atoms with van der Waals surface area (Å²) in [4.78, 5) is 7.44. The first-order valence-corrected chi connectivity index (χ1v) is 12.1. The summed E-state index contributed by atoms with van der Waals surface area (Å²) in [6, 6.07) is 21.3. The normalized spacial score (nSPS) is 11.9. The molecule has 0 spiro atoms. The van der Waals surface area contributed by atoms with Crippen LogP contribution in [0.1, 0.15) is 11.8 Å². The van der Waals surface area contributed by atoms with Crippen molar-refractivity contribution in [2.75, 3.05) is 0 Å². The molecule has 32 heavy (non-hydrogen) atoms. The molecule has 5 heterocycles. The van der Waals surface area contributed by atoms with Crippen LogP contribution in [0.4, 0.5) is 0 Å². The summed E-state index contributed by atoms with van der Waals surface area (Å²) >= 11 is 3.59. The fraction of sp³-hybridized carbons (Fsp3) is 0.115. The van der Waals surface area contributed by atoms with Gasteiger partial charge in [0.2, 0.25) is 0 Å². The monoisotopic (exact) mass is 629 g/mol. The topological polar surface area (TPSA) is 22.2 Å². The molecule has 0 bridgehead atoms. The molecule has 7 aromatic rings. The molecule has 0 fully saturated rings. The van der Waals surface area contributed by atoms with E-state index >= 15 is 0 Å². The number of aromatic nitrogens is 3. The number of benzene rings is 2. The first kappa shape index (κ1) is 20.1. The summed E-state index contributed by atoms with van der Waals surface area (Å²) in [5, 5.41) is 7.08. The van der Waals surface area contributed by atoms with E-state index in [0.29, 0.717) is 0 Å². The molecular weight excluding hydrogens is 611 g/mol. The smallest absolute Gasteiger partial charge is 0.0865 e. The Hall–Kier alpha value is -2.50. The number of hydrogen-bond acceptors (Lipinski definition) is 3. The van der Waals surface area contributed by atoms with Gasteiger partial charge in [0, 0.05) is 65.2 Å². The van der Waals surface area contributed by atoms with Crippen molar-refractivity contribution >= 4 is 70.4 Å². The van der Waals surface area contributed by atoms with E-state index in [9.17, 15) is 0 Å². The van der Waals surface area contributed by atoms with Crippen LogP contribution in [0.2, 0.25) is 0 Å². The molecule has 0 saturated carbocycles. The molecular formula is C26H18IrN3S2-. The summed E-state index contributed by atoms with van der Waals surface area (Å²) in [6.07, 6.45) is 2.02. The average Bonchev–Trinajstić information content (AvgIpc) is 3.55. The SMILES string of the molecule is CCn1c2ccccc2c2cc(-c3cnc4c5[c-]csc5c5cc(C)sc5n34)ccc21.[Ir]. The third-order valence-electron chi connectivity index (χ3n) is 6.26. The minimum Gasteiger partial charge on any atom is -0.341 e. The zero-order chi connectivity index (χ0) is 20.7. The molecule has 6 heteroatoms. The molecule has 7 rings (SSSR count). The van der Waals surface area contributed by atoms with Crippen LogP contribution in [0.15, 0.2) is 60.1 Å². The van der Waals surface area contributed by atoms with E-state index in [4.69, 9.17) is 4.98 Å². The van der Waals surface area contributed by atoms with Gasteiger partial charge in [-0.2, -0.15) is 6.07 Å². The van der Waals surface area contributed by atoms with Crippen molar-refractivity contribution in [3.8, 4) is 11.3 Å². The number of para-hydroxylation sites is 1. The summed E-state index contributed by atoms with van der Waals surface area (Å²) in [5.41, 5.74) is 5.91. The molecule has 0 unspecified atom stereocenters. The molecule has 0 N–H and O–H groups in total. The molecule has 3 nitrogen and oxygen atoms in total. The Labute approximate surface area is 206 Å². The van der Waals surface area contributed by atoms with Gasteiger partial charge in [-0.05, 0) is 43.0 Å². The molecule has 1 radical (unpaired) electrons. The molecule has 2 aromatic carbocycles. The van der Waals surface area contributed by atoms with Gasteiger partial charge in [-0.25, -0.2) is 11.3 Å². The van der Waals surface area contributed by atoms with Crippen LogP contribution in [-0.4, -0.2) is 14.0 Å². The average molecular weight is 629 g/mol. The van der Waals surface area contributed by atoms with Crippen LogP contribution in [0, 0.1) is 13.0 Å². The molecule has 0 aliphatic carbocycles. The fourth-order valence-electron chi connectivity index (χ4n) is 4.96. The van der Waals surface area contributed by atoms with Gasteiger partial charge in [0.25, 0.3) is 0 Å². The van der Waals surface area contributed by atoms with E-state index in [2.05, 4.69) is 82.8 Å². The Balaban J connectivity index is 0.00000196. The van der Waals surface area contributed by atoms with Crippen molar-refractivity contribution < 1.29 is 20.1 Å². The van der Waals surface area contributed by atoms with Crippen molar-refractivity contribution in [1.82, 2.24) is 14.0 Å². The molecule has 0 aliphatic rings. The van der Waals surface area contributed by atoms with E-state index in [0.717, 1.165) is 23.3 Å². The summed E-state index contributed by atoms with van der Waals surface area (Å²) in [6.45, 7) is 5.35. The van der Waals surface area contributed by atoms with Crippen molar-refractivity contribution in [2.45, 2.75) is 20.4 Å². The second-order valence-electron chi connectivity index (χ2n) is 7.96. The van der Waals surface area contributed by atoms with Gasteiger partial charge in [-0.15, -0.1) is 16.7 Å². The number of fused-ring (bicyclic) bond motifs is 9. The van der Waals surface area contributed by atoms with Gasteiger partial charge in [-0.3, -0.25) is 0 Å². The van der Waals surface area contributed by atoms with Crippen molar-refractivity contribution in [3.05, 3.63) is 71.1 Å². The summed E-state index contributed by atoms with van der Waals surface area (Å²) in [5.74, 6) is 0. The largest absolute Gasteiger partial charge is 0.341 e. The Morgan fingerprint density at radius 1 is 1.00 bits per heavy atom. The van der Waals surface area contributed by atoms with Crippen LogP contribution < -0.4 is 0 Å². The van der Waals surface area contributed by atoms with Crippen molar-refractivity contribution in [1.29, 1.82) is 0 Å². The Bertz CT molecular complexity index is 1800. The Morgan fingerprint density at radius 2 is 1.84 bits per heavy atom. The standard InChI is InChI=1S/C26H18N3S2.Ir/c1-3-28-21-7-5-4-6-17(21)19-13-16(8-9-22(19)28)23-14-27-25-18-10-11-30-24(18)20-12-15(2)31-26(20)29(23)25;/h4-9,11-14H,3H2,1-2H3;/q-1;. The number of aryl methyl sites for hydroxylation is 2. The van der Waals surface area contributed by atoms with Crippen LogP contribution in [-0.2, 0) is 26.7 Å². The van der Waals surface area contributed by atoms with Gasteiger partial charge < -0.3 is 14.0 Å². The van der Waals surface area contributed by atoms with Crippen molar-refractivity contribution in [3.63, 3.8) is 0 Å². The Kier molecular flexibility index (Phi) is 4.56. The molecule has 0 amide bonds. The third-order valence-corrected chi connectivity index (χ3v) is 8.19. The first-order chi connectivity index (χ1) is 15.2. The molecule has 0 atom stereocenters. The minimum atomic E-state index is 0. The molecule has 0 saturated heterocycles. The van der Waals surface area contributed by atoms with Crippen LogP contribution in [0.25, 0.3) is 59.0 Å². The number of thiophene rings is 2. The number of rotatable bonds is 2. The maximum absolute atomic E-state index is 4.86.